The molecule has 5 rings (SSSR count). The van der Waals surface area contributed by atoms with Crippen molar-refractivity contribution in [1.29, 1.82) is 10.5 Å². The molecule has 2 N–H and O–H groups in total. The fraction of sp³-hybridized carbons (Fsp3) is 0.207. The van der Waals surface area contributed by atoms with Gasteiger partial charge in [-0.25, -0.2) is 4.79 Å². The number of carbonyl (C=O) groups excluding carboxylic acids is 1. The van der Waals surface area contributed by atoms with Gasteiger partial charge in [0, 0.05) is 16.7 Å². The Morgan fingerprint density at radius 3 is 1.94 bits per heavy atom. The number of ether oxygens (including phenoxy) is 1. The van der Waals surface area contributed by atoms with Crippen molar-refractivity contribution >= 4 is 22.8 Å². The minimum absolute atomic E-state index is 0.0821. The van der Waals surface area contributed by atoms with Crippen LogP contribution in [0, 0.1) is 22.7 Å². The van der Waals surface area contributed by atoms with Gasteiger partial charge in [0.2, 0.25) is 0 Å². The lowest BCUT2D eigenvalue weighted by molar-refractivity contribution is -0.146. The van der Waals surface area contributed by atoms with E-state index in [0.717, 1.165) is 48.8 Å². The number of nitrogens with two attached hydrogens (primary N) is 1. The Labute approximate surface area is 198 Å². The summed E-state index contributed by atoms with van der Waals surface area (Å²) in [4.78, 5) is 13.5. The van der Waals surface area contributed by atoms with Crippen molar-refractivity contribution in [1.82, 2.24) is 0 Å². The van der Waals surface area contributed by atoms with Crippen LogP contribution >= 0.6 is 0 Å². The van der Waals surface area contributed by atoms with E-state index in [1.54, 1.807) is 6.07 Å². The molecule has 1 aliphatic carbocycles. The Morgan fingerprint density at radius 1 is 0.794 bits per heavy atom. The van der Waals surface area contributed by atoms with Crippen LogP contribution in [0.15, 0.2) is 66.7 Å². The maximum atomic E-state index is 13.5. The first-order chi connectivity index (χ1) is 16.6. The molecule has 0 aromatic heterocycles. The molecule has 0 bridgehead atoms. The molecule has 5 nitrogen and oxygen atoms in total. The lowest BCUT2D eigenvalue weighted by Crippen LogP contribution is -2.33. The summed E-state index contributed by atoms with van der Waals surface area (Å²) in [5, 5.41) is 19.9. The minimum Gasteiger partial charge on any atom is -0.451 e. The van der Waals surface area contributed by atoms with Crippen molar-refractivity contribution < 1.29 is 9.53 Å². The molecule has 0 amide bonds. The van der Waals surface area contributed by atoms with Crippen LogP contribution < -0.4 is 5.73 Å². The van der Waals surface area contributed by atoms with Gasteiger partial charge in [-0.1, -0.05) is 67.1 Å². The second kappa shape index (κ2) is 8.54. The highest BCUT2D eigenvalue weighted by Crippen LogP contribution is 2.52. The van der Waals surface area contributed by atoms with Crippen LogP contribution in [-0.2, 0) is 9.53 Å². The largest absolute Gasteiger partial charge is 0.451 e. The fourth-order valence-corrected chi connectivity index (χ4v) is 5.33. The van der Waals surface area contributed by atoms with Crippen LogP contribution in [-0.4, -0.2) is 11.6 Å². The van der Waals surface area contributed by atoms with Gasteiger partial charge in [0.1, 0.15) is 17.7 Å². The average Bonchev–Trinajstić information content (AvgIpc) is 3.15. The topological polar surface area (TPSA) is 99.9 Å². The molecule has 0 saturated heterocycles. The predicted molar refractivity (Wildman–Crippen MR) is 131 cm³/mol. The molecule has 2 aliphatic rings. The van der Waals surface area contributed by atoms with E-state index < -0.39 is 11.6 Å². The van der Waals surface area contributed by atoms with Crippen LogP contribution in [0.5, 0.6) is 0 Å². The Bertz CT molecular complexity index is 1390. The van der Waals surface area contributed by atoms with Crippen molar-refractivity contribution in [3.05, 3.63) is 89.0 Å². The third kappa shape index (κ3) is 3.34. The van der Waals surface area contributed by atoms with E-state index >= 15 is 0 Å². The molecule has 0 unspecified atom stereocenters. The second-order valence-corrected chi connectivity index (χ2v) is 8.79. The van der Waals surface area contributed by atoms with Crippen molar-refractivity contribution in [2.75, 3.05) is 5.73 Å². The second-order valence-electron chi connectivity index (χ2n) is 8.79. The Morgan fingerprint density at radius 2 is 1.35 bits per heavy atom. The van der Waals surface area contributed by atoms with Gasteiger partial charge in [0.05, 0.1) is 22.4 Å². The molecule has 3 aromatic rings. The van der Waals surface area contributed by atoms with Crippen LogP contribution in [0.2, 0.25) is 0 Å². The smallest absolute Gasteiger partial charge is 0.340 e. The highest BCUT2D eigenvalue weighted by atomic mass is 16.6. The number of nitrogens with zero attached hydrogens (tertiary/aromatic N) is 2. The van der Waals surface area contributed by atoms with Crippen molar-refractivity contribution in [2.24, 2.45) is 0 Å². The molecule has 1 spiro atoms. The van der Waals surface area contributed by atoms with Gasteiger partial charge in [-0.15, -0.1) is 0 Å². The van der Waals surface area contributed by atoms with E-state index in [4.69, 9.17) is 10.5 Å². The summed E-state index contributed by atoms with van der Waals surface area (Å²) in [6.07, 6.45) is 4.51. The maximum Gasteiger partial charge on any atom is 0.340 e. The molecule has 166 valence electrons. The van der Waals surface area contributed by atoms with Crippen molar-refractivity contribution in [3.8, 4) is 23.3 Å². The number of rotatable bonds is 3. The van der Waals surface area contributed by atoms with Gasteiger partial charge in [0.25, 0.3) is 0 Å². The number of benzene rings is 3. The fourth-order valence-electron chi connectivity index (χ4n) is 5.33. The number of nitrogen functional groups attached to an aromatic ring is 1. The summed E-state index contributed by atoms with van der Waals surface area (Å²) in [5.41, 5.74) is 10.0. The van der Waals surface area contributed by atoms with Gasteiger partial charge in [0.15, 0.2) is 0 Å². The van der Waals surface area contributed by atoms with Gasteiger partial charge < -0.3 is 10.5 Å². The molecule has 0 radical (unpaired) electrons. The van der Waals surface area contributed by atoms with E-state index in [0.29, 0.717) is 16.7 Å². The van der Waals surface area contributed by atoms with E-state index in [-0.39, 0.29) is 16.8 Å². The zero-order valence-electron chi connectivity index (χ0n) is 18.7. The van der Waals surface area contributed by atoms with Crippen LogP contribution in [0.1, 0.15) is 54.4 Å². The first kappa shape index (κ1) is 21.5. The molecular formula is C29H23N3O2. The molecule has 1 heterocycles. The Kier molecular flexibility index (Phi) is 5.40. The Hall–Kier alpha value is -4.35. The quantitative estimate of drug-likeness (QED) is 0.403. The third-order valence-electron chi connectivity index (χ3n) is 6.87. The summed E-state index contributed by atoms with van der Waals surface area (Å²) in [7, 11) is 0. The summed E-state index contributed by atoms with van der Waals surface area (Å²) in [5.74, 6) is -0.444. The average molecular weight is 446 g/mol. The molecule has 0 atom stereocenters. The molecule has 34 heavy (non-hydrogen) atoms. The molecular weight excluding hydrogens is 422 g/mol. The van der Waals surface area contributed by atoms with E-state index in [1.807, 2.05) is 60.7 Å². The van der Waals surface area contributed by atoms with Gasteiger partial charge in [-0.2, -0.15) is 10.5 Å². The maximum absolute atomic E-state index is 13.5. The number of nitriles is 2. The predicted octanol–water partition coefficient (Wildman–Crippen LogP) is 5.85. The Balaban J connectivity index is 1.86. The summed E-state index contributed by atoms with van der Waals surface area (Å²) >= 11 is 0. The number of hydrogen-bond acceptors (Lipinski definition) is 5. The normalized spacial score (nSPS) is 16.7. The van der Waals surface area contributed by atoms with Crippen LogP contribution in [0.3, 0.4) is 0 Å². The monoisotopic (exact) mass is 445 g/mol. The van der Waals surface area contributed by atoms with E-state index in [2.05, 4.69) is 12.1 Å². The van der Waals surface area contributed by atoms with Gasteiger partial charge >= 0.3 is 5.97 Å². The van der Waals surface area contributed by atoms with E-state index in [9.17, 15) is 15.3 Å². The zero-order valence-corrected chi connectivity index (χ0v) is 18.7. The standard InChI is InChI=1S/C29H23N3O2/c30-17-23-21(19-10-4-1-5-11-19)16-22(24(18-31)27(23)32)25-26(20-12-6-2-7-13-20)29(34-28(25)33)14-8-3-9-15-29/h1-2,4-7,10-13,16H,3,8-9,14-15,32H2. The van der Waals surface area contributed by atoms with Crippen molar-refractivity contribution in [2.45, 2.75) is 37.7 Å². The molecule has 1 aliphatic heterocycles. The summed E-state index contributed by atoms with van der Waals surface area (Å²) in [6.45, 7) is 0. The van der Waals surface area contributed by atoms with Crippen molar-refractivity contribution in [3.63, 3.8) is 0 Å². The van der Waals surface area contributed by atoms with E-state index in [1.165, 1.54) is 0 Å². The number of anilines is 1. The summed E-state index contributed by atoms with van der Waals surface area (Å²) < 4.78 is 6.14. The van der Waals surface area contributed by atoms with Gasteiger partial charge in [-0.05, 0) is 42.9 Å². The van der Waals surface area contributed by atoms with Crippen LogP contribution in [0.4, 0.5) is 5.69 Å². The summed E-state index contributed by atoms with van der Waals surface area (Å²) in [6, 6.07) is 25.2. The lowest BCUT2D eigenvalue weighted by Gasteiger charge is -2.34. The minimum atomic E-state index is -0.714. The molecule has 5 heteroatoms. The number of hydrogen-bond donors (Lipinski definition) is 1. The third-order valence-corrected chi connectivity index (χ3v) is 6.87. The van der Waals surface area contributed by atoms with Gasteiger partial charge in [-0.3, -0.25) is 0 Å². The SMILES string of the molecule is N#Cc1c(C2=C(c3ccccc3)C3(CCCCC3)OC2=O)cc(-c2ccccc2)c(C#N)c1N. The molecule has 3 aromatic carbocycles. The highest BCUT2D eigenvalue weighted by molar-refractivity contribution is 6.29. The number of carbonyl (C=O) groups is 1. The highest BCUT2D eigenvalue weighted by Gasteiger charge is 2.49. The molecule has 1 saturated carbocycles. The number of esters is 1. The lowest BCUT2D eigenvalue weighted by atomic mass is 9.75. The van der Waals surface area contributed by atoms with Crippen LogP contribution in [0.25, 0.3) is 22.3 Å². The first-order valence-electron chi connectivity index (χ1n) is 11.5. The molecule has 1 fully saturated rings. The first-order valence-corrected chi connectivity index (χ1v) is 11.5. The zero-order chi connectivity index (χ0) is 23.7.